The zero-order chi connectivity index (χ0) is 29.9. The van der Waals surface area contributed by atoms with Gasteiger partial charge in [-0.15, -0.1) is 11.3 Å². The Hall–Kier alpha value is -3.09. The number of alkyl carbamates (subject to hydrolysis) is 1. The number of amides is 1. The van der Waals surface area contributed by atoms with Gasteiger partial charge < -0.3 is 14.8 Å². The normalized spacial score (nSPS) is 17.9. The third kappa shape index (κ3) is 7.81. The minimum absolute atomic E-state index is 0.0763. The lowest BCUT2D eigenvalue weighted by molar-refractivity contribution is 0.109. The van der Waals surface area contributed by atoms with E-state index in [1.807, 2.05) is 46.8 Å². The molecule has 1 aliphatic rings. The largest absolute Gasteiger partial charge is 0.480 e. The van der Waals surface area contributed by atoms with Gasteiger partial charge in [0.15, 0.2) is 0 Å². The molecular formula is C29H39N5O5S2. The number of ether oxygens (including phenoxy) is 2. The number of sulfonamides is 1. The van der Waals surface area contributed by atoms with Crippen LogP contribution in [0.4, 0.5) is 4.79 Å². The maximum atomic E-state index is 13.7. The summed E-state index contributed by atoms with van der Waals surface area (Å²) in [5.74, 6) is 1.18. The lowest BCUT2D eigenvalue weighted by atomic mass is 9.86. The van der Waals surface area contributed by atoms with E-state index in [0.717, 1.165) is 35.6 Å². The number of nitrogens with one attached hydrogen (secondary N) is 2. The third-order valence-electron chi connectivity index (χ3n) is 6.62. The molecule has 1 amide bonds. The molecule has 222 valence electrons. The molecule has 10 nitrogen and oxygen atoms in total. The van der Waals surface area contributed by atoms with Crippen molar-refractivity contribution < 1.29 is 22.7 Å². The molecule has 2 heterocycles. The predicted molar refractivity (Wildman–Crippen MR) is 160 cm³/mol. The van der Waals surface area contributed by atoms with Crippen molar-refractivity contribution in [3.63, 3.8) is 0 Å². The summed E-state index contributed by atoms with van der Waals surface area (Å²) in [4.78, 5) is 26.3. The van der Waals surface area contributed by atoms with Gasteiger partial charge in [0, 0.05) is 35.5 Å². The van der Waals surface area contributed by atoms with Crippen LogP contribution >= 0.6 is 11.3 Å². The predicted octanol–water partition coefficient (Wildman–Crippen LogP) is 5.82. The molecule has 0 spiro atoms. The van der Waals surface area contributed by atoms with Gasteiger partial charge in [-0.3, -0.25) is 0 Å². The summed E-state index contributed by atoms with van der Waals surface area (Å²) in [6, 6.07) is 5.39. The van der Waals surface area contributed by atoms with Crippen LogP contribution in [0.25, 0.3) is 21.6 Å². The summed E-state index contributed by atoms with van der Waals surface area (Å²) in [5.41, 5.74) is 1.13. The van der Waals surface area contributed by atoms with E-state index in [4.69, 9.17) is 14.5 Å². The molecule has 1 saturated carbocycles. The molecule has 41 heavy (non-hydrogen) atoms. The van der Waals surface area contributed by atoms with Crippen molar-refractivity contribution in [3.8, 4) is 27.4 Å². The Labute approximate surface area is 246 Å². The molecular weight excluding hydrogens is 562 g/mol. The molecule has 12 heteroatoms. The van der Waals surface area contributed by atoms with Crippen molar-refractivity contribution in [2.45, 2.75) is 95.7 Å². The lowest BCUT2D eigenvalue weighted by Gasteiger charge is -2.28. The highest BCUT2D eigenvalue weighted by Crippen LogP contribution is 2.41. The Morgan fingerprint density at radius 3 is 2.41 bits per heavy atom. The molecule has 4 rings (SSSR count). The summed E-state index contributed by atoms with van der Waals surface area (Å²) in [6.07, 6.45) is 6.27. The number of methoxy groups -OCH3 is 1. The molecule has 0 atom stereocenters. The van der Waals surface area contributed by atoms with Crippen LogP contribution in [0.5, 0.6) is 5.88 Å². The number of carbonyl (C=O) groups is 1. The summed E-state index contributed by atoms with van der Waals surface area (Å²) in [6.45, 7) is 10.8. The van der Waals surface area contributed by atoms with Gasteiger partial charge in [-0.05, 0) is 78.9 Å². The van der Waals surface area contributed by atoms with E-state index in [1.54, 1.807) is 25.4 Å². The first-order valence-corrected chi connectivity index (χ1v) is 16.0. The van der Waals surface area contributed by atoms with Gasteiger partial charge in [-0.2, -0.15) is 4.98 Å². The molecule has 1 fully saturated rings. The van der Waals surface area contributed by atoms with Crippen molar-refractivity contribution in [2.75, 3.05) is 7.11 Å². The second-order valence-corrected chi connectivity index (χ2v) is 14.3. The Morgan fingerprint density at radius 2 is 1.78 bits per heavy atom. The van der Waals surface area contributed by atoms with Gasteiger partial charge in [-0.25, -0.2) is 27.9 Å². The molecule has 2 N–H and O–H groups in total. The van der Waals surface area contributed by atoms with E-state index in [-0.39, 0.29) is 29.1 Å². The highest BCUT2D eigenvalue weighted by molar-refractivity contribution is 7.89. The molecule has 0 unspecified atom stereocenters. The monoisotopic (exact) mass is 601 g/mol. The third-order valence-corrected chi connectivity index (χ3v) is 9.61. The van der Waals surface area contributed by atoms with Crippen LogP contribution in [-0.2, 0) is 14.8 Å². The minimum atomic E-state index is -3.90. The average Bonchev–Trinajstić information content (AvgIpc) is 3.37. The molecule has 2 aromatic heterocycles. The Balaban J connectivity index is 1.63. The maximum Gasteiger partial charge on any atom is 0.407 e. The fraction of sp³-hybridized carbons (Fsp3) is 0.517. The zero-order valence-electron chi connectivity index (χ0n) is 24.6. The van der Waals surface area contributed by atoms with Crippen molar-refractivity contribution in [1.29, 1.82) is 0 Å². The zero-order valence-corrected chi connectivity index (χ0v) is 26.3. The second-order valence-electron chi connectivity index (χ2n) is 11.6. The number of carbonyl (C=O) groups excluding carboxylic acids is 1. The lowest BCUT2D eigenvalue weighted by Crippen LogP contribution is -2.40. The molecule has 1 aromatic carbocycles. The quantitative estimate of drug-likeness (QED) is 0.330. The first-order chi connectivity index (χ1) is 19.3. The van der Waals surface area contributed by atoms with E-state index in [1.165, 1.54) is 18.4 Å². The van der Waals surface area contributed by atoms with Gasteiger partial charge in [0.1, 0.15) is 5.82 Å². The molecule has 1 aliphatic carbocycles. The molecule has 0 aliphatic heterocycles. The number of hydrogen-bond acceptors (Lipinski definition) is 9. The smallest absolute Gasteiger partial charge is 0.407 e. The number of aromatic nitrogens is 3. The van der Waals surface area contributed by atoms with Crippen LogP contribution in [-0.4, -0.2) is 54.3 Å². The van der Waals surface area contributed by atoms with Gasteiger partial charge in [-0.1, -0.05) is 12.1 Å². The van der Waals surface area contributed by atoms with E-state index in [9.17, 15) is 13.2 Å². The summed E-state index contributed by atoms with van der Waals surface area (Å²) < 4.78 is 40.9. The Morgan fingerprint density at radius 1 is 1.07 bits per heavy atom. The fourth-order valence-corrected chi connectivity index (χ4v) is 7.73. The SMILES string of the molecule is COc1nc(C)ncc1-c1ccc(-c2cnc(C3CCC(NC(=O)OC(C)C)CC3)s2)c(S(=O)(=O)NC(C)(C)C)c1. The molecule has 0 radical (unpaired) electrons. The number of aryl methyl sites for hydroxylation is 1. The standard InChI is InChI=1S/C29H39N5O5S2/c1-17(2)39-28(35)33-21-11-8-19(9-12-21)27-31-16-24(40-27)22-13-10-20(23-15-30-18(3)32-26(23)38-7)14-25(22)41(36,37)34-29(4,5)6/h10,13-17,19,21,34H,8-9,11-12H2,1-7H3,(H,33,35). The fourth-order valence-electron chi connectivity index (χ4n) is 4.88. The van der Waals surface area contributed by atoms with Gasteiger partial charge in [0.25, 0.3) is 0 Å². The first-order valence-electron chi connectivity index (χ1n) is 13.7. The van der Waals surface area contributed by atoms with Crippen LogP contribution in [0.3, 0.4) is 0 Å². The van der Waals surface area contributed by atoms with E-state index < -0.39 is 15.6 Å². The summed E-state index contributed by atoms with van der Waals surface area (Å²) in [7, 11) is -2.38. The van der Waals surface area contributed by atoms with Crippen molar-refractivity contribution in [2.24, 2.45) is 0 Å². The van der Waals surface area contributed by atoms with E-state index in [2.05, 4.69) is 20.0 Å². The highest BCUT2D eigenvalue weighted by atomic mass is 32.2. The van der Waals surface area contributed by atoms with Crippen molar-refractivity contribution >= 4 is 27.5 Å². The van der Waals surface area contributed by atoms with Gasteiger partial charge in [0.05, 0.1) is 33.6 Å². The second kappa shape index (κ2) is 12.4. The Bertz CT molecular complexity index is 1490. The minimum Gasteiger partial charge on any atom is -0.480 e. The van der Waals surface area contributed by atoms with Crippen LogP contribution in [0.15, 0.2) is 35.5 Å². The highest BCUT2D eigenvalue weighted by Gasteiger charge is 2.29. The number of benzene rings is 1. The maximum absolute atomic E-state index is 13.7. The number of nitrogens with zero attached hydrogens (tertiary/aromatic N) is 3. The Kier molecular flexibility index (Phi) is 9.35. The summed E-state index contributed by atoms with van der Waals surface area (Å²) in [5, 5.41) is 3.92. The summed E-state index contributed by atoms with van der Waals surface area (Å²) >= 11 is 1.51. The van der Waals surface area contributed by atoms with Crippen LogP contribution < -0.4 is 14.8 Å². The average molecular weight is 602 g/mol. The van der Waals surface area contributed by atoms with E-state index >= 15 is 0 Å². The molecule has 0 bridgehead atoms. The van der Waals surface area contributed by atoms with Gasteiger partial charge >= 0.3 is 6.09 Å². The van der Waals surface area contributed by atoms with Crippen molar-refractivity contribution in [3.05, 3.63) is 41.4 Å². The number of rotatable bonds is 8. The van der Waals surface area contributed by atoms with Crippen LogP contribution in [0.1, 0.15) is 77.1 Å². The first kappa shape index (κ1) is 30.9. The molecule has 0 saturated heterocycles. The van der Waals surface area contributed by atoms with Crippen LogP contribution in [0.2, 0.25) is 0 Å². The van der Waals surface area contributed by atoms with E-state index in [0.29, 0.717) is 28.4 Å². The number of thiazole rings is 1. The number of hydrogen-bond donors (Lipinski definition) is 2. The van der Waals surface area contributed by atoms with Gasteiger partial charge in [0.2, 0.25) is 15.9 Å². The van der Waals surface area contributed by atoms with Crippen LogP contribution in [0, 0.1) is 6.92 Å². The topological polar surface area (TPSA) is 132 Å². The molecule has 3 aromatic rings. The van der Waals surface area contributed by atoms with Crippen molar-refractivity contribution in [1.82, 2.24) is 25.0 Å².